The van der Waals surface area contributed by atoms with Crippen molar-refractivity contribution in [1.82, 2.24) is 5.43 Å². The number of hydrogen-bond acceptors (Lipinski definition) is 5. The minimum absolute atomic E-state index is 0.447. The van der Waals surface area contributed by atoms with E-state index in [4.69, 9.17) is 14.2 Å². The molecule has 0 heterocycles. The maximum absolute atomic E-state index is 11.9. The number of methoxy groups -OCH3 is 3. The minimum Gasteiger partial charge on any atom is -0.496 e. The largest absolute Gasteiger partial charge is 0.496 e. The summed E-state index contributed by atoms with van der Waals surface area (Å²) in [6, 6.07) is 10.4. The van der Waals surface area contributed by atoms with E-state index < -0.39 is 6.03 Å². The fourth-order valence-corrected chi connectivity index (χ4v) is 2.18. The lowest BCUT2D eigenvalue weighted by Gasteiger charge is -2.12. The van der Waals surface area contributed by atoms with E-state index >= 15 is 0 Å². The molecular weight excluding hydrogens is 322 g/mol. The Morgan fingerprint density at radius 3 is 2.24 bits per heavy atom. The molecule has 0 bridgehead atoms. The number of nitrogens with one attached hydrogen (secondary N) is 2. The molecule has 0 aromatic heterocycles. The molecule has 0 unspecified atom stereocenters. The van der Waals surface area contributed by atoms with Crippen LogP contribution >= 0.6 is 0 Å². The van der Waals surface area contributed by atoms with Gasteiger partial charge in [0.2, 0.25) is 0 Å². The smallest absolute Gasteiger partial charge is 0.339 e. The molecule has 0 saturated carbocycles. The van der Waals surface area contributed by atoms with Gasteiger partial charge in [0, 0.05) is 17.8 Å². The van der Waals surface area contributed by atoms with Crippen molar-refractivity contribution >= 4 is 17.9 Å². The Labute approximate surface area is 146 Å². The number of hydrazone groups is 1. The van der Waals surface area contributed by atoms with Crippen LogP contribution in [0, 0.1) is 6.92 Å². The lowest BCUT2D eigenvalue weighted by Crippen LogP contribution is -2.24. The summed E-state index contributed by atoms with van der Waals surface area (Å²) in [4.78, 5) is 11.9. The summed E-state index contributed by atoms with van der Waals surface area (Å²) in [6.45, 7) is 1.91. The van der Waals surface area contributed by atoms with Crippen molar-refractivity contribution in [3.8, 4) is 17.2 Å². The molecule has 0 saturated heterocycles. The summed E-state index contributed by atoms with van der Waals surface area (Å²) in [5, 5.41) is 6.68. The van der Waals surface area contributed by atoms with Crippen molar-refractivity contribution < 1.29 is 19.0 Å². The molecular formula is C18H21N3O4. The lowest BCUT2D eigenvalue weighted by molar-refractivity contribution is 0.252. The van der Waals surface area contributed by atoms with Crippen LogP contribution in [0.15, 0.2) is 41.5 Å². The highest BCUT2D eigenvalue weighted by atomic mass is 16.5. The number of urea groups is 1. The molecule has 7 heteroatoms. The number of nitrogens with zero attached hydrogens (tertiary/aromatic N) is 1. The molecule has 25 heavy (non-hydrogen) atoms. The molecule has 2 amide bonds. The third kappa shape index (κ3) is 4.63. The second-order valence-electron chi connectivity index (χ2n) is 5.08. The molecule has 132 valence electrons. The number of aryl methyl sites for hydroxylation is 1. The number of carbonyl (C=O) groups excluding carboxylic acids is 1. The van der Waals surface area contributed by atoms with Gasteiger partial charge in [-0.25, -0.2) is 10.2 Å². The maximum atomic E-state index is 11.9. The first kappa shape index (κ1) is 18.1. The molecule has 2 aromatic carbocycles. The van der Waals surface area contributed by atoms with Gasteiger partial charge in [0.25, 0.3) is 0 Å². The Morgan fingerprint density at radius 2 is 1.68 bits per heavy atom. The second-order valence-corrected chi connectivity index (χ2v) is 5.08. The van der Waals surface area contributed by atoms with E-state index in [2.05, 4.69) is 15.8 Å². The average molecular weight is 343 g/mol. The number of rotatable bonds is 6. The molecule has 0 radical (unpaired) electrons. The first-order valence-electron chi connectivity index (χ1n) is 7.54. The van der Waals surface area contributed by atoms with E-state index in [0.29, 0.717) is 22.8 Å². The van der Waals surface area contributed by atoms with Crippen LogP contribution in [0.25, 0.3) is 0 Å². The topological polar surface area (TPSA) is 81.2 Å². The van der Waals surface area contributed by atoms with Crippen LogP contribution in [-0.2, 0) is 0 Å². The first-order chi connectivity index (χ1) is 12.1. The van der Waals surface area contributed by atoms with Crippen molar-refractivity contribution in [1.29, 1.82) is 0 Å². The summed E-state index contributed by atoms with van der Waals surface area (Å²) in [7, 11) is 4.62. The van der Waals surface area contributed by atoms with Crippen LogP contribution in [0.1, 0.15) is 11.1 Å². The number of hydrogen-bond donors (Lipinski definition) is 2. The van der Waals surface area contributed by atoms with Gasteiger partial charge in [-0.2, -0.15) is 5.10 Å². The average Bonchev–Trinajstić information content (AvgIpc) is 2.63. The van der Waals surface area contributed by atoms with Gasteiger partial charge in [-0.1, -0.05) is 18.2 Å². The highest BCUT2D eigenvalue weighted by molar-refractivity contribution is 5.92. The molecule has 0 aliphatic carbocycles. The summed E-state index contributed by atoms with van der Waals surface area (Å²) in [5.41, 5.74) is 4.68. The number of anilines is 1. The maximum Gasteiger partial charge on any atom is 0.339 e. The minimum atomic E-state index is -0.447. The van der Waals surface area contributed by atoms with Crippen LogP contribution in [0.5, 0.6) is 17.2 Å². The SMILES string of the molecule is COc1cc(OC)c(C=NNC(=O)Nc2ccccc2C)c(OC)c1. The van der Waals surface area contributed by atoms with E-state index in [1.807, 2.05) is 31.2 Å². The van der Waals surface area contributed by atoms with E-state index in [1.165, 1.54) is 20.4 Å². The van der Waals surface area contributed by atoms with Gasteiger partial charge in [0.1, 0.15) is 17.2 Å². The Bertz CT molecular complexity index is 750. The zero-order valence-corrected chi connectivity index (χ0v) is 14.6. The Kier molecular flexibility index (Phi) is 6.22. The van der Waals surface area contributed by atoms with Crippen molar-refractivity contribution in [3.05, 3.63) is 47.5 Å². The van der Waals surface area contributed by atoms with E-state index in [9.17, 15) is 4.79 Å². The number of carbonyl (C=O) groups is 1. The quantitative estimate of drug-likeness (QED) is 0.623. The van der Waals surface area contributed by atoms with Gasteiger partial charge in [0.15, 0.2) is 0 Å². The van der Waals surface area contributed by atoms with E-state index in [0.717, 1.165) is 11.3 Å². The molecule has 0 spiro atoms. The predicted molar refractivity (Wildman–Crippen MR) is 97.0 cm³/mol. The summed E-state index contributed by atoms with van der Waals surface area (Å²) < 4.78 is 15.8. The van der Waals surface area contributed by atoms with Crippen molar-refractivity contribution in [2.24, 2.45) is 5.10 Å². The third-order valence-corrected chi connectivity index (χ3v) is 3.51. The van der Waals surface area contributed by atoms with Crippen molar-refractivity contribution in [2.75, 3.05) is 26.6 Å². The highest BCUT2D eigenvalue weighted by Crippen LogP contribution is 2.32. The number of amides is 2. The molecule has 2 aromatic rings. The van der Waals surface area contributed by atoms with Gasteiger partial charge >= 0.3 is 6.03 Å². The Morgan fingerprint density at radius 1 is 1.04 bits per heavy atom. The fraction of sp³-hybridized carbons (Fsp3) is 0.222. The number of ether oxygens (including phenoxy) is 3. The van der Waals surface area contributed by atoms with Crippen LogP contribution in [0.2, 0.25) is 0 Å². The van der Waals surface area contributed by atoms with Gasteiger partial charge < -0.3 is 19.5 Å². The molecule has 0 fully saturated rings. The van der Waals surface area contributed by atoms with Gasteiger partial charge in [-0.15, -0.1) is 0 Å². The van der Waals surface area contributed by atoms with E-state index in [-0.39, 0.29) is 0 Å². The van der Waals surface area contributed by atoms with Gasteiger partial charge in [0.05, 0.1) is 33.1 Å². The van der Waals surface area contributed by atoms with Crippen LogP contribution in [0.4, 0.5) is 10.5 Å². The monoisotopic (exact) mass is 343 g/mol. The van der Waals surface area contributed by atoms with Crippen LogP contribution < -0.4 is 25.0 Å². The summed E-state index contributed by atoms with van der Waals surface area (Å²) in [5.74, 6) is 1.62. The molecule has 2 N–H and O–H groups in total. The number of para-hydroxylation sites is 1. The van der Waals surface area contributed by atoms with Crippen LogP contribution in [0.3, 0.4) is 0 Å². The fourth-order valence-electron chi connectivity index (χ4n) is 2.18. The summed E-state index contributed by atoms with van der Waals surface area (Å²) >= 11 is 0. The predicted octanol–water partition coefficient (Wildman–Crippen LogP) is 3.18. The standard InChI is InChI=1S/C18H21N3O4/c1-12-7-5-6-8-15(12)20-18(22)21-19-11-14-16(24-3)9-13(23-2)10-17(14)25-4/h5-11H,1-4H3,(H2,20,21,22). The van der Waals surface area contributed by atoms with Crippen LogP contribution in [-0.4, -0.2) is 33.6 Å². The highest BCUT2D eigenvalue weighted by Gasteiger charge is 2.11. The zero-order valence-electron chi connectivity index (χ0n) is 14.6. The molecule has 0 aliphatic heterocycles. The lowest BCUT2D eigenvalue weighted by atomic mass is 10.2. The Balaban J connectivity index is 2.11. The number of benzene rings is 2. The molecule has 7 nitrogen and oxygen atoms in total. The van der Waals surface area contributed by atoms with Crippen molar-refractivity contribution in [2.45, 2.75) is 6.92 Å². The van der Waals surface area contributed by atoms with E-state index in [1.54, 1.807) is 19.2 Å². The molecule has 2 rings (SSSR count). The van der Waals surface area contributed by atoms with Gasteiger partial charge in [-0.05, 0) is 18.6 Å². The zero-order chi connectivity index (χ0) is 18.2. The third-order valence-electron chi connectivity index (χ3n) is 3.51. The van der Waals surface area contributed by atoms with Gasteiger partial charge in [-0.3, -0.25) is 0 Å². The molecule has 0 atom stereocenters. The van der Waals surface area contributed by atoms with Crippen molar-refractivity contribution in [3.63, 3.8) is 0 Å². The normalized spacial score (nSPS) is 10.4. The second kappa shape index (κ2) is 8.58. The Hall–Kier alpha value is -3.22. The molecule has 0 aliphatic rings. The first-order valence-corrected chi connectivity index (χ1v) is 7.54. The summed E-state index contributed by atoms with van der Waals surface area (Å²) in [6.07, 6.45) is 1.45.